The number of rotatable bonds is 5. The molecule has 1 aromatic rings. The molecular weight excluding hydrogens is 214 g/mol. The quantitative estimate of drug-likeness (QED) is 0.755. The Morgan fingerprint density at radius 3 is 2.60 bits per heavy atom. The molecule has 0 radical (unpaired) electrons. The number of likely N-dealkylation sites (N-methyl/N-ethyl adjacent to an activating group) is 1. The van der Waals surface area contributed by atoms with Gasteiger partial charge >= 0.3 is 0 Å². The Kier molecular flexibility index (Phi) is 4.11. The average Bonchev–Trinajstić information content (AvgIpc) is 2.17. The van der Waals surface area contributed by atoms with Crippen molar-refractivity contribution in [1.82, 2.24) is 5.32 Å². The van der Waals surface area contributed by atoms with Crippen molar-refractivity contribution >= 4 is 9.84 Å². The van der Waals surface area contributed by atoms with Gasteiger partial charge in [0.1, 0.15) is 17.3 Å². The van der Waals surface area contributed by atoms with Crippen molar-refractivity contribution in [2.45, 2.75) is 4.90 Å². The van der Waals surface area contributed by atoms with Crippen molar-refractivity contribution in [2.24, 2.45) is 0 Å². The van der Waals surface area contributed by atoms with Crippen LogP contribution in [0.1, 0.15) is 0 Å². The van der Waals surface area contributed by atoms with Crippen LogP contribution in [0.5, 0.6) is 5.75 Å². The Balaban J connectivity index is 2.88. The molecule has 0 saturated carbocycles. The maximum absolute atomic E-state index is 11.4. The number of sulfone groups is 1. The lowest BCUT2D eigenvalue weighted by Gasteiger charge is -2.09. The van der Waals surface area contributed by atoms with E-state index in [4.69, 9.17) is 4.74 Å². The summed E-state index contributed by atoms with van der Waals surface area (Å²) in [6.45, 7) is 1.13. The van der Waals surface area contributed by atoms with Crippen LogP contribution in [0, 0.1) is 0 Å². The summed E-state index contributed by atoms with van der Waals surface area (Å²) in [6.07, 6.45) is 1.17. The number of para-hydroxylation sites is 1. The van der Waals surface area contributed by atoms with E-state index >= 15 is 0 Å². The molecule has 0 fully saturated rings. The highest BCUT2D eigenvalue weighted by Gasteiger charge is 2.12. The molecule has 0 spiro atoms. The standard InChI is InChI=1S/C10H15NO3S/c1-11-7-8-14-9-5-3-4-6-10(9)15(2,12)13/h3-6,11H,7-8H2,1-2H3. The number of benzene rings is 1. The van der Waals surface area contributed by atoms with Gasteiger partial charge < -0.3 is 10.1 Å². The maximum Gasteiger partial charge on any atom is 0.179 e. The van der Waals surface area contributed by atoms with Crippen LogP contribution in [0.2, 0.25) is 0 Å². The number of nitrogens with one attached hydrogen (secondary N) is 1. The van der Waals surface area contributed by atoms with Crippen LogP contribution in [-0.2, 0) is 9.84 Å². The average molecular weight is 229 g/mol. The highest BCUT2D eigenvalue weighted by atomic mass is 32.2. The van der Waals surface area contributed by atoms with Gasteiger partial charge in [0.15, 0.2) is 9.84 Å². The van der Waals surface area contributed by atoms with Crippen molar-refractivity contribution < 1.29 is 13.2 Å². The molecule has 0 amide bonds. The molecule has 0 aliphatic rings. The molecule has 0 heterocycles. The first kappa shape index (κ1) is 12.0. The van der Waals surface area contributed by atoms with Gasteiger partial charge in [0.25, 0.3) is 0 Å². The molecule has 0 atom stereocenters. The Morgan fingerprint density at radius 2 is 2.00 bits per heavy atom. The second-order valence-electron chi connectivity index (χ2n) is 3.17. The van der Waals surface area contributed by atoms with Crippen LogP contribution < -0.4 is 10.1 Å². The van der Waals surface area contributed by atoms with Crippen LogP contribution in [0.4, 0.5) is 0 Å². The summed E-state index contributed by atoms with van der Waals surface area (Å²) >= 11 is 0. The first-order chi connectivity index (χ1) is 7.05. The molecule has 0 aromatic heterocycles. The van der Waals surface area contributed by atoms with Gasteiger partial charge in [-0.15, -0.1) is 0 Å². The molecule has 84 valence electrons. The van der Waals surface area contributed by atoms with E-state index in [0.29, 0.717) is 18.9 Å². The maximum atomic E-state index is 11.4. The number of hydrogen-bond acceptors (Lipinski definition) is 4. The van der Waals surface area contributed by atoms with Crippen molar-refractivity contribution in [3.05, 3.63) is 24.3 Å². The van der Waals surface area contributed by atoms with E-state index in [9.17, 15) is 8.42 Å². The molecule has 0 bridgehead atoms. The van der Waals surface area contributed by atoms with Gasteiger partial charge in [-0.05, 0) is 19.2 Å². The van der Waals surface area contributed by atoms with E-state index < -0.39 is 9.84 Å². The fourth-order valence-corrected chi connectivity index (χ4v) is 1.96. The summed E-state index contributed by atoms with van der Waals surface area (Å²) in [5, 5.41) is 2.92. The second kappa shape index (κ2) is 5.14. The zero-order chi connectivity index (χ0) is 11.3. The summed E-state index contributed by atoms with van der Waals surface area (Å²) < 4.78 is 28.1. The van der Waals surface area contributed by atoms with Crippen LogP contribution in [0.15, 0.2) is 29.2 Å². The van der Waals surface area contributed by atoms with Crippen molar-refractivity contribution in [3.63, 3.8) is 0 Å². The minimum absolute atomic E-state index is 0.237. The first-order valence-electron chi connectivity index (χ1n) is 4.62. The summed E-state index contributed by atoms with van der Waals surface area (Å²) in [7, 11) is -1.40. The van der Waals surface area contributed by atoms with Crippen LogP contribution in [-0.4, -0.2) is 34.9 Å². The molecular formula is C10H15NO3S. The molecule has 1 rings (SSSR count). The molecule has 0 saturated heterocycles. The Morgan fingerprint density at radius 1 is 1.33 bits per heavy atom. The van der Waals surface area contributed by atoms with Crippen molar-refractivity contribution in [2.75, 3.05) is 26.5 Å². The topological polar surface area (TPSA) is 55.4 Å². The number of ether oxygens (including phenoxy) is 1. The van der Waals surface area contributed by atoms with E-state index in [0.717, 1.165) is 0 Å². The molecule has 1 aromatic carbocycles. The highest BCUT2D eigenvalue weighted by Crippen LogP contribution is 2.22. The zero-order valence-corrected chi connectivity index (χ0v) is 9.67. The molecule has 0 aliphatic carbocycles. The Hall–Kier alpha value is -1.07. The monoisotopic (exact) mass is 229 g/mol. The lowest BCUT2D eigenvalue weighted by Crippen LogP contribution is -2.16. The van der Waals surface area contributed by atoms with E-state index in [2.05, 4.69) is 5.32 Å². The van der Waals surface area contributed by atoms with Gasteiger partial charge in [-0.1, -0.05) is 12.1 Å². The summed E-state index contributed by atoms with van der Waals surface area (Å²) in [4.78, 5) is 0.237. The molecule has 0 aliphatic heterocycles. The molecule has 1 N–H and O–H groups in total. The third-order valence-electron chi connectivity index (χ3n) is 1.86. The minimum Gasteiger partial charge on any atom is -0.491 e. The van der Waals surface area contributed by atoms with E-state index in [-0.39, 0.29) is 4.90 Å². The lowest BCUT2D eigenvalue weighted by atomic mass is 10.3. The minimum atomic E-state index is -3.22. The fraction of sp³-hybridized carbons (Fsp3) is 0.400. The predicted octanol–water partition coefficient (Wildman–Crippen LogP) is 0.688. The van der Waals surface area contributed by atoms with Gasteiger partial charge in [-0.3, -0.25) is 0 Å². The van der Waals surface area contributed by atoms with Crippen molar-refractivity contribution in [1.29, 1.82) is 0 Å². The molecule has 5 heteroatoms. The first-order valence-corrected chi connectivity index (χ1v) is 6.51. The third-order valence-corrected chi connectivity index (χ3v) is 2.99. The number of hydrogen-bond donors (Lipinski definition) is 1. The fourth-order valence-electron chi connectivity index (χ4n) is 1.14. The molecule has 4 nitrogen and oxygen atoms in total. The smallest absolute Gasteiger partial charge is 0.179 e. The highest BCUT2D eigenvalue weighted by molar-refractivity contribution is 7.90. The van der Waals surface area contributed by atoms with Gasteiger partial charge in [0.05, 0.1) is 0 Å². The lowest BCUT2D eigenvalue weighted by molar-refractivity contribution is 0.310. The van der Waals surface area contributed by atoms with Gasteiger partial charge in [-0.25, -0.2) is 8.42 Å². The van der Waals surface area contributed by atoms with Gasteiger partial charge in [-0.2, -0.15) is 0 Å². The molecule has 15 heavy (non-hydrogen) atoms. The van der Waals surface area contributed by atoms with Crippen LogP contribution in [0.25, 0.3) is 0 Å². The van der Waals surface area contributed by atoms with E-state index in [1.54, 1.807) is 24.3 Å². The summed E-state index contributed by atoms with van der Waals surface area (Å²) in [5.41, 5.74) is 0. The van der Waals surface area contributed by atoms with E-state index in [1.807, 2.05) is 7.05 Å². The largest absolute Gasteiger partial charge is 0.491 e. The third kappa shape index (κ3) is 3.53. The van der Waals surface area contributed by atoms with Gasteiger partial charge in [0, 0.05) is 12.8 Å². The second-order valence-corrected chi connectivity index (χ2v) is 5.16. The van der Waals surface area contributed by atoms with Crippen LogP contribution in [0.3, 0.4) is 0 Å². The normalized spacial score (nSPS) is 11.3. The SMILES string of the molecule is CNCCOc1ccccc1S(C)(=O)=O. The van der Waals surface area contributed by atoms with Crippen LogP contribution >= 0.6 is 0 Å². The summed E-state index contributed by atoms with van der Waals surface area (Å²) in [6, 6.07) is 6.64. The van der Waals surface area contributed by atoms with Crippen molar-refractivity contribution in [3.8, 4) is 5.75 Å². The molecule has 0 unspecified atom stereocenters. The Labute approximate surface area is 90.2 Å². The zero-order valence-electron chi connectivity index (χ0n) is 8.86. The Bertz CT molecular complexity index is 414. The van der Waals surface area contributed by atoms with Gasteiger partial charge in [0.2, 0.25) is 0 Å². The summed E-state index contributed by atoms with van der Waals surface area (Å²) in [5.74, 6) is 0.412. The predicted molar refractivity (Wildman–Crippen MR) is 59.0 cm³/mol. The van der Waals surface area contributed by atoms with E-state index in [1.165, 1.54) is 6.26 Å².